The summed E-state index contributed by atoms with van der Waals surface area (Å²) in [4.78, 5) is 15.7. The predicted molar refractivity (Wildman–Crippen MR) is 105 cm³/mol. The van der Waals surface area contributed by atoms with E-state index in [1.807, 2.05) is 29.2 Å². The molecule has 1 aliphatic carbocycles. The van der Waals surface area contributed by atoms with Crippen molar-refractivity contribution in [3.05, 3.63) is 59.7 Å². The fraction of sp³-hybridized carbons (Fsp3) is 0.435. The number of piperidine rings is 2. The number of likely N-dealkylation sites (tertiary alicyclic amines) is 1. The van der Waals surface area contributed by atoms with Gasteiger partial charge in [-0.15, -0.1) is 0 Å². The molecule has 2 aromatic rings. The third kappa shape index (κ3) is 2.54. The van der Waals surface area contributed by atoms with Crippen LogP contribution in [0, 0.1) is 5.41 Å². The number of carbonyl (C=O) groups excluding carboxylic acids is 1. The van der Waals surface area contributed by atoms with Crippen molar-refractivity contribution in [3.63, 3.8) is 0 Å². The molecule has 5 rings (SSSR count). The molecule has 140 valence electrons. The van der Waals surface area contributed by atoms with Gasteiger partial charge in [-0.2, -0.15) is 0 Å². The smallest absolute Gasteiger partial charge is 0.234 e. The highest BCUT2D eigenvalue weighted by atomic mass is 16.3. The summed E-state index contributed by atoms with van der Waals surface area (Å²) in [6, 6.07) is 16.9. The van der Waals surface area contributed by atoms with Gasteiger partial charge in [0.1, 0.15) is 0 Å². The Morgan fingerprint density at radius 2 is 1.78 bits per heavy atom. The third-order valence-corrected chi connectivity index (χ3v) is 6.88. The van der Waals surface area contributed by atoms with E-state index in [4.69, 9.17) is 0 Å². The maximum atomic E-state index is 13.7. The van der Waals surface area contributed by atoms with Crippen molar-refractivity contribution in [3.8, 4) is 11.1 Å². The molecule has 0 aromatic heterocycles. The molecule has 3 aliphatic rings. The van der Waals surface area contributed by atoms with Crippen molar-refractivity contribution in [2.24, 2.45) is 5.41 Å². The second kappa shape index (κ2) is 6.47. The first-order valence-corrected chi connectivity index (χ1v) is 10.0. The second-order valence-corrected chi connectivity index (χ2v) is 8.29. The molecule has 0 spiro atoms. The molecule has 2 N–H and O–H groups in total. The average molecular weight is 362 g/mol. The average Bonchev–Trinajstić information content (AvgIpc) is 3.07. The van der Waals surface area contributed by atoms with Crippen LogP contribution in [-0.2, 0) is 4.79 Å². The highest BCUT2D eigenvalue weighted by Crippen LogP contribution is 2.46. The van der Waals surface area contributed by atoms with Gasteiger partial charge in [-0.05, 0) is 48.1 Å². The fourth-order valence-corrected chi connectivity index (χ4v) is 5.48. The molecule has 2 aromatic carbocycles. The molecule has 0 radical (unpaired) electrons. The van der Waals surface area contributed by atoms with Gasteiger partial charge in [0.2, 0.25) is 5.91 Å². The summed E-state index contributed by atoms with van der Waals surface area (Å²) >= 11 is 0. The third-order valence-electron chi connectivity index (χ3n) is 6.88. The van der Waals surface area contributed by atoms with E-state index in [9.17, 15) is 9.90 Å². The van der Waals surface area contributed by atoms with Gasteiger partial charge in [0, 0.05) is 24.5 Å². The zero-order valence-electron chi connectivity index (χ0n) is 15.5. The Hall–Kier alpha value is -2.17. The van der Waals surface area contributed by atoms with Crippen molar-refractivity contribution in [1.29, 1.82) is 0 Å². The normalized spacial score (nSPS) is 27.0. The summed E-state index contributed by atoms with van der Waals surface area (Å²) < 4.78 is 0. The van der Waals surface area contributed by atoms with Crippen LogP contribution in [0.1, 0.15) is 36.3 Å². The minimum atomic E-state index is -0.221. The molecular formula is C23H26N2O2. The van der Waals surface area contributed by atoms with Crippen molar-refractivity contribution < 1.29 is 9.90 Å². The standard InChI is InChI=1S/C23H26N2O2/c26-15-23-11-5-12-24-20(23)10-13-25(14-23)22(27)21-18-8-3-1-6-16(18)17-7-2-4-9-19(17)21/h1-4,6-9,20-21,24,26H,5,10-15H2/t20-,23-/m1/s1. The molecule has 0 saturated carbocycles. The molecule has 1 amide bonds. The van der Waals surface area contributed by atoms with Crippen LogP contribution in [0.2, 0.25) is 0 Å². The van der Waals surface area contributed by atoms with Gasteiger partial charge in [0.15, 0.2) is 0 Å². The number of nitrogens with zero attached hydrogens (tertiary/aromatic N) is 1. The lowest BCUT2D eigenvalue weighted by Crippen LogP contribution is -2.62. The Morgan fingerprint density at radius 1 is 1.11 bits per heavy atom. The lowest BCUT2D eigenvalue weighted by Gasteiger charge is -2.50. The number of rotatable bonds is 2. The van der Waals surface area contributed by atoms with Crippen LogP contribution in [-0.4, -0.2) is 48.2 Å². The number of amides is 1. The summed E-state index contributed by atoms with van der Waals surface area (Å²) in [5.74, 6) is -0.0366. The molecule has 4 nitrogen and oxygen atoms in total. The molecule has 4 heteroatoms. The van der Waals surface area contributed by atoms with E-state index in [0.717, 1.165) is 43.5 Å². The Labute approximate surface area is 160 Å². The fourth-order valence-electron chi connectivity index (χ4n) is 5.48. The summed E-state index contributed by atoms with van der Waals surface area (Å²) in [6.45, 7) is 2.58. The van der Waals surface area contributed by atoms with E-state index >= 15 is 0 Å². The van der Waals surface area contributed by atoms with Crippen LogP contribution < -0.4 is 5.32 Å². The minimum absolute atomic E-state index is 0.145. The van der Waals surface area contributed by atoms with Crippen LogP contribution in [0.5, 0.6) is 0 Å². The summed E-state index contributed by atoms with van der Waals surface area (Å²) in [5.41, 5.74) is 4.40. The van der Waals surface area contributed by atoms with E-state index < -0.39 is 0 Å². The Morgan fingerprint density at radius 3 is 2.44 bits per heavy atom. The number of benzene rings is 2. The molecule has 0 unspecified atom stereocenters. The number of nitrogens with one attached hydrogen (secondary N) is 1. The number of carbonyl (C=O) groups is 1. The van der Waals surface area contributed by atoms with Crippen molar-refractivity contribution >= 4 is 5.91 Å². The summed E-state index contributed by atoms with van der Waals surface area (Å²) in [5, 5.41) is 13.8. The van der Waals surface area contributed by atoms with Gasteiger partial charge in [0.25, 0.3) is 0 Å². The number of aliphatic hydroxyl groups is 1. The quantitative estimate of drug-likeness (QED) is 0.864. The Kier molecular flexibility index (Phi) is 4.06. The van der Waals surface area contributed by atoms with Gasteiger partial charge >= 0.3 is 0 Å². The predicted octanol–water partition coefficient (Wildman–Crippen LogP) is 2.76. The maximum absolute atomic E-state index is 13.7. The summed E-state index contributed by atoms with van der Waals surface area (Å²) in [7, 11) is 0. The molecule has 2 atom stereocenters. The maximum Gasteiger partial charge on any atom is 0.234 e. The van der Waals surface area contributed by atoms with Crippen LogP contribution in [0.4, 0.5) is 0 Å². The number of hydrogen-bond acceptors (Lipinski definition) is 3. The summed E-state index contributed by atoms with van der Waals surface area (Å²) in [6.07, 6.45) is 2.97. The number of hydrogen-bond donors (Lipinski definition) is 2. The number of aliphatic hydroxyl groups excluding tert-OH is 1. The van der Waals surface area contributed by atoms with Crippen LogP contribution >= 0.6 is 0 Å². The highest BCUT2D eigenvalue weighted by molar-refractivity contribution is 5.96. The molecule has 2 fully saturated rings. The first-order chi connectivity index (χ1) is 13.2. The van der Waals surface area contributed by atoms with E-state index in [-0.39, 0.29) is 23.8 Å². The van der Waals surface area contributed by atoms with Crippen LogP contribution in [0.15, 0.2) is 48.5 Å². The highest BCUT2D eigenvalue weighted by Gasteiger charge is 2.47. The van der Waals surface area contributed by atoms with Crippen molar-refractivity contribution in [2.45, 2.75) is 31.2 Å². The lowest BCUT2D eigenvalue weighted by molar-refractivity contribution is -0.138. The largest absolute Gasteiger partial charge is 0.396 e. The van der Waals surface area contributed by atoms with Crippen molar-refractivity contribution in [2.75, 3.05) is 26.2 Å². The van der Waals surface area contributed by atoms with Gasteiger partial charge in [-0.3, -0.25) is 4.79 Å². The number of fused-ring (bicyclic) bond motifs is 4. The molecule has 2 aliphatic heterocycles. The van der Waals surface area contributed by atoms with Crippen LogP contribution in [0.25, 0.3) is 11.1 Å². The minimum Gasteiger partial charge on any atom is -0.396 e. The zero-order chi connectivity index (χ0) is 18.4. The molecule has 2 saturated heterocycles. The van der Waals surface area contributed by atoms with Crippen LogP contribution in [0.3, 0.4) is 0 Å². The van der Waals surface area contributed by atoms with Gasteiger partial charge in [-0.25, -0.2) is 0 Å². The molecule has 2 heterocycles. The van der Waals surface area contributed by atoms with Gasteiger partial charge in [-0.1, -0.05) is 48.5 Å². The molecule has 27 heavy (non-hydrogen) atoms. The van der Waals surface area contributed by atoms with Gasteiger partial charge in [0.05, 0.1) is 12.5 Å². The SMILES string of the molecule is O=C(C1c2ccccc2-c2ccccc21)N1CC[C@H]2NCCC[C@]2(CO)C1. The van der Waals surface area contributed by atoms with E-state index in [1.54, 1.807) is 0 Å². The molecule has 0 bridgehead atoms. The van der Waals surface area contributed by atoms with Gasteiger partial charge < -0.3 is 15.3 Å². The Bertz CT molecular complexity index is 835. The lowest BCUT2D eigenvalue weighted by atomic mass is 9.70. The first-order valence-electron chi connectivity index (χ1n) is 10.0. The second-order valence-electron chi connectivity index (χ2n) is 8.29. The van der Waals surface area contributed by atoms with E-state index in [0.29, 0.717) is 12.6 Å². The first kappa shape index (κ1) is 17.0. The molecular weight excluding hydrogens is 336 g/mol. The van der Waals surface area contributed by atoms with Crippen molar-refractivity contribution in [1.82, 2.24) is 10.2 Å². The van der Waals surface area contributed by atoms with E-state index in [2.05, 4.69) is 29.6 Å². The zero-order valence-corrected chi connectivity index (χ0v) is 15.5. The topological polar surface area (TPSA) is 52.6 Å². The van der Waals surface area contributed by atoms with E-state index in [1.165, 1.54) is 11.1 Å². The monoisotopic (exact) mass is 362 g/mol. The Balaban J connectivity index is 1.49.